The van der Waals surface area contributed by atoms with Crippen LogP contribution in [0.25, 0.3) is 5.65 Å². The van der Waals surface area contributed by atoms with E-state index in [0.29, 0.717) is 43.7 Å². The predicted molar refractivity (Wildman–Crippen MR) is 87.4 cm³/mol. The van der Waals surface area contributed by atoms with E-state index in [4.69, 9.17) is 5.73 Å². The molecule has 0 aromatic carbocycles. The molecule has 2 aromatic heterocycles. The van der Waals surface area contributed by atoms with Crippen molar-refractivity contribution in [3.8, 4) is 0 Å². The number of imidazole rings is 1. The fourth-order valence-electron chi connectivity index (χ4n) is 3.25. The first-order chi connectivity index (χ1) is 12.2. The molecule has 0 atom stereocenters. The summed E-state index contributed by atoms with van der Waals surface area (Å²) in [6.45, 7) is 2.46. The minimum atomic E-state index is -4.51. The van der Waals surface area contributed by atoms with Crippen molar-refractivity contribution in [2.75, 3.05) is 13.1 Å². The highest BCUT2D eigenvalue weighted by molar-refractivity contribution is 5.95. The Labute approximate surface area is 147 Å². The molecule has 2 amide bonds. The van der Waals surface area contributed by atoms with E-state index in [0.717, 1.165) is 12.3 Å². The Morgan fingerprint density at radius 3 is 2.46 bits per heavy atom. The molecule has 0 aliphatic carbocycles. The number of carbonyl (C=O) groups is 2. The highest BCUT2D eigenvalue weighted by atomic mass is 19.4. The number of piperidine rings is 1. The number of alkyl halides is 3. The zero-order chi connectivity index (χ0) is 19.1. The normalized spacial score (nSPS) is 16.2. The molecule has 140 valence electrons. The molecule has 0 bridgehead atoms. The Morgan fingerprint density at radius 1 is 1.27 bits per heavy atom. The van der Waals surface area contributed by atoms with Gasteiger partial charge in [0, 0.05) is 25.2 Å². The molecular formula is C17H19F3N4O2. The largest absolute Gasteiger partial charge is 0.417 e. The van der Waals surface area contributed by atoms with Crippen molar-refractivity contribution in [3.05, 3.63) is 35.3 Å². The molecule has 0 radical (unpaired) electrons. The monoisotopic (exact) mass is 368 g/mol. The van der Waals surface area contributed by atoms with Gasteiger partial charge in [0.1, 0.15) is 11.3 Å². The van der Waals surface area contributed by atoms with Gasteiger partial charge in [-0.2, -0.15) is 13.2 Å². The maximum absolute atomic E-state index is 13.0. The van der Waals surface area contributed by atoms with Crippen molar-refractivity contribution in [2.24, 2.45) is 11.7 Å². The van der Waals surface area contributed by atoms with E-state index < -0.39 is 17.6 Å². The van der Waals surface area contributed by atoms with Crippen molar-refractivity contribution in [1.29, 1.82) is 0 Å². The van der Waals surface area contributed by atoms with E-state index in [-0.39, 0.29) is 17.5 Å². The highest BCUT2D eigenvalue weighted by Crippen LogP contribution is 2.30. The Balaban J connectivity index is 1.97. The van der Waals surface area contributed by atoms with Crippen molar-refractivity contribution in [3.63, 3.8) is 0 Å². The first-order valence-electron chi connectivity index (χ1n) is 8.39. The molecular weight excluding hydrogens is 349 g/mol. The van der Waals surface area contributed by atoms with Gasteiger partial charge < -0.3 is 10.6 Å². The number of rotatable bonds is 3. The summed E-state index contributed by atoms with van der Waals surface area (Å²) in [6.07, 6.45) is -2.28. The van der Waals surface area contributed by atoms with Crippen LogP contribution in [0.1, 0.15) is 41.5 Å². The van der Waals surface area contributed by atoms with Crippen molar-refractivity contribution >= 4 is 17.5 Å². The molecule has 6 nitrogen and oxygen atoms in total. The molecule has 9 heteroatoms. The van der Waals surface area contributed by atoms with Crippen LogP contribution in [0, 0.1) is 5.92 Å². The number of pyridine rings is 1. The minimum Gasteiger partial charge on any atom is -0.369 e. The second kappa shape index (κ2) is 6.62. The SMILES string of the molecule is CCc1nc2ccc(C(F)(F)F)cn2c1C(=O)N1CCC(C(N)=O)CC1. The van der Waals surface area contributed by atoms with Gasteiger partial charge in [-0.05, 0) is 31.4 Å². The smallest absolute Gasteiger partial charge is 0.369 e. The lowest BCUT2D eigenvalue weighted by Crippen LogP contribution is -2.42. The molecule has 1 saturated heterocycles. The van der Waals surface area contributed by atoms with Crippen LogP contribution in [-0.2, 0) is 17.4 Å². The molecule has 2 aromatic rings. The highest BCUT2D eigenvalue weighted by Gasteiger charge is 2.33. The molecule has 0 saturated carbocycles. The average Bonchev–Trinajstić information content (AvgIpc) is 2.98. The summed E-state index contributed by atoms with van der Waals surface area (Å²) in [7, 11) is 0. The summed E-state index contributed by atoms with van der Waals surface area (Å²) in [5.41, 5.74) is 5.35. The van der Waals surface area contributed by atoms with Gasteiger partial charge in [-0.25, -0.2) is 4.98 Å². The Kier molecular flexibility index (Phi) is 4.64. The lowest BCUT2D eigenvalue weighted by molar-refractivity contribution is -0.137. The van der Waals surface area contributed by atoms with Gasteiger partial charge in [0.25, 0.3) is 5.91 Å². The van der Waals surface area contributed by atoms with Gasteiger partial charge in [-0.3, -0.25) is 14.0 Å². The van der Waals surface area contributed by atoms with Crippen LogP contribution in [0.5, 0.6) is 0 Å². The Hall–Kier alpha value is -2.58. The summed E-state index contributed by atoms with van der Waals surface area (Å²) in [4.78, 5) is 30.1. The van der Waals surface area contributed by atoms with E-state index in [1.54, 1.807) is 11.8 Å². The van der Waals surface area contributed by atoms with Gasteiger partial charge >= 0.3 is 6.18 Å². The van der Waals surface area contributed by atoms with Crippen molar-refractivity contribution in [1.82, 2.24) is 14.3 Å². The number of hydrogen-bond acceptors (Lipinski definition) is 3. The predicted octanol–water partition coefficient (Wildman–Crippen LogP) is 2.25. The van der Waals surface area contributed by atoms with Crippen molar-refractivity contribution < 1.29 is 22.8 Å². The van der Waals surface area contributed by atoms with Gasteiger partial charge in [0.2, 0.25) is 5.91 Å². The zero-order valence-electron chi connectivity index (χ0n) is 14.2. The number of fused-ring (bicyclic) bond motifs is 1. The molecule has 1 aliphatic rings. The summed E-state index contributed by atoms with van der Waals surface area (Å²) >= 11 is 0. The molecule has 3 heterocycles. The molecule has 0 spiro atoms. The van der Waals surface area contributed by atoms with Crippen LogP contribution >= 0.6 is 0 Å². The van der Waals surface area contributed by atoms with Crippen LogP contribution in [0.2, 0.25) is 0 Å². The molecule has 1 aliphatic heterocycles. The fraction of sp³-hybridized carbons (Fsp3) is 0.471. The van der Waals surface area contributed by atoms with E-state index in [2.05, 4.69) is 4.98 Å². The summed E-state index contributed by atoms with van der Waals surface area (Å²) in [6, 6.07) is 2.21. The maximum atomic E-state index is 13.0. The number of amides is 2. The van der Waals surface area contributed by atoms with Crippen LogP contribution in [0.3, 0.4) is 0 Å². The van der Waals surface area contributed by atoms with E-state index in [9.17, 15) is 22.8 Å². The Morgan fingerprint density at radius 2 is 1.92 bits per heavy atom. The topological polar surface area (TPSA) is 80.7 Å². The van der Waals surface area contributed by atoms with E-state index in [1.807, 2.05) is 0 Å². The third-order valence-corrected chi connectivity index (χ3v) is 4.74. The third kappa shape index (κ3) is 3.25. The van der Waals surface area contributed by atoms with Crippen LogP contribution in [0.4, 0.5) is 13.2 Å². The molecule has 2 N–H and O–H groups in total. The van der Waals surface area contributed by atoms with Gasteiger partial charge in [0.05, 0.1) is 11.3 Å². The number of halogens is 3. The Bertz CT molecular complexity index is 852. The van der Waals surface area contributed by atoms with E-state index >= 15 is 0 Å². The number of primary amides is 1. The first-order valence-corrected chi connectivity index (χ1v) is 8.39. The van der Waals surface area contributed by atoms with E-state index in [1.165, 1.54) is 10.5 Å². The van der Waals surface area contributed by atoms with Gasteiger partial charge in [-0.15, -0.1) is 0 Å². The lowest BCUT2D eigenvalue weighted by Gasteiger charge is -2.30. The van der Waals surface area contributed by atoms with Crippen molar-refractivity contribution in [2.45, 2.75) is 32.4 Å². The second-order valence-electron chi connectivity index (χ2n) is 6.37. The quantitative estimate of drug-likeness (QED) is 0.902. The van der Waals surface area contributed by atoms with Gasteiger partial charge in [0.15, 0.2) is 0 Å². The van der Waals surface area contributed by atoms with Crippen LogP contribution in [0.15, 0.2) is 18.3 Å². The average molecular weight is 368 g/mol. The second-order valence-corrected chi connectivity index (χ2v) is 6.37. The molecule has 26 heavy (non-hydrogen) atoms. The number of aryl methyl sites for hydroxylation is 1. The molecule has 3 rings (SSSR count). The van der Waals surface area contributed by atoms with Crippen LogP contribution < -0.4 is 5.73 Å². The summed E-state index contributed by atoms with van der Waals surface area (Å²) in [5.74, 6) is -1.05. The van der Waals surface area contributed by atoms with Gasteiger partial charge in [-0.1, -0.05) is 6.92 Å². The number of hydrogen-bond donors (Lipinski definition) is 1. The maximum Gasteiger partial charge on any atom is 0.417 e. The summed E-state index contributed by atoms with van der Waals surface area (Å²) in [5, 5.41) is 0. The lowest BCUT2D eigenvalue weighted by atomic mass is 9.96. The summed E-state index contributed by atoms with van der Waals surface area (Å²) < 4.78 is 40.3. The number of carbonyl (C=O) groups excluding carboxylic acids is 2. The zero-order valence-corrected chi connectivity index (χ0v) is 14.2. The number of likely N-dealkylation sites (tertiary alicyclic amines) is 1. The number of nitrogens with two attached hydrogens (primary N) is 1. The molecule has 0 unspecified atom stereocenters. The number of aromatic nitrogens is 2. The first kappa shape index (κ1) is 18.2. The molecule has 1 fully saturated rings. The fourth-order valence-corrected chi connectivity index (χ4v) is 3.25. The minimum absolute atomic E-state index is 0.145. The number of nitrogens with zero attached hydrogens (tertiary/aromatic N) is 3. The van der Waals surface area contributed by atoms with Crippen LogP contribution in [-0.4, -0.2) is 39.2 Å². The third-order valence-electron chi connectivity index (χ3n) is 4.74. The standard InChI is InChI=1S/C17H19F3N4O2/c1-2-12-14(16(26)23-7-5-10(6-8-23)15(21)25)24-9-11(17(18,19)20)3-4-13(24)22-12/h3-4,9-10H,2,5-8H2,1H3,(H2,21,25).